The number of benzene rings is 2. The van der Waals surface area contributed by atoms with Crippen molar-refractivity contribution < 1.29 is 19.2 Å². The quantitative estimate of drug-likeness (QED) is 0.266. The van der Waals surface area contributed by atoms with Gasteiger partial charge in [-0.15, -0.1) is 0 Å². The summed E-state index contributed by atoms with van der Waals surface area (Å²) in [5.74, 6) is -0.769. The summed E-state index contributed by atoms with van der Waals surface area (Å²) in [5.41, 5.74) is 6.59. The van der Waals surface area contributed by atoms with E-state index in [9.17, 15) is 19.7 Å². The van der Waals surface area contributed by atoms with E-state index in [1.54, 1.807) is 12.1 Å². The van der Waals surface area contributed by atoms with Crippen LogP contribution in [0.4, 0.5) is 11.4 Å². The predicted octanol–water partition coefficient (Wildman–Crippen LogP) is 3.73. The monoisotopic (exact) mass is 356 g/mol. The van der Waals surface area contributed by atoms with Crippen molar-refractivity contribution in [2.45, 2.75) is 26.2 Å². The molecule has 0 unspecified atom stereocenters. The number of carbonyl (C=O) groups excluding carboxylic acids is 2. The van der Waals surface area contributed by atoms with E-state index < -0.39 is 17.5 Å². The zero-order chi connectivity index (χ0) is 19.3. The number of nitro groups is 1. The molecule has 0 fully saturated rings. The Kier molecular flexibility index (Phi) is 6.06. The van der Waals surface area contributed by atoms with Crippen molar-refractivity contribution in [2.24, 2.45) is 0 Å². The highest BCUT2D eigenvalue weighted by Gasteiger charge is 2.18. The Morgan fingerprint density at radius 2 is 1.77 bits per heavy atom. The van der Waals surface area contributed by atoms with Crippen LogP contribution in [0.1, 0.15) is 52.5 Å². The third kappa shape index (κ3) is 4.44. The van der Waals surface area contributed by atoms with Crippen LogP contribution in [-0.2, 0) is 4.74 Å². The van der Waals surface area contributed by atoms with Crippen LogP contribution in [0.15, 0.2) is 42.5 Å². The summed E-state index contributed by atoms with van der Waals surface area (Å²) in [4.78, 5) is 34.3. The fraction of sp³-hybridized carbons (Fsp3) is 0.263. The highest BCUT2D eigenvalue weighted by atomic mass is 16.6. The second kappa shape index (κ2) is 8.24. The highest BCUT2D eigenvalue weighted by Crippen LogP contribution is 2.23. The molecule has 0 saturated heterocycles. The molecule has 26 heavy (non-hydrogen) atoms. The van der Waals surface area contributed by atoms with E-state index >= 15 is 0 Å². The molecule has 0 aliphatic rings. The van der Waals surface area contributed by atoms with Crippen molar-refractivity contribution >= 4 is 23.1 Å². The Morgan fingerprint density at radius 1 is 1.15 bits per heavy atom. The third-order valence-corrected chi connectivity index (χ3v) is 4.21. The van der Waals surface area contributed by atoms with E-state index in [0.717, 1.165) is 18.1 Å². The lowest BCUT2D eigenvalue weighted by atomic mass is 9.97. The summed E-state index contributed by atoms with van der Waals surface area (Å²) in [5, 5.41) is 10.9. The Bertz CT molecular complexity index is 830. The van der Waals surface area contributed by atoms with Crippen molar-refractivity contribution in [3.8, 4) is 0 Å². The number of nitro benzene ring substituents is 1. The second-order valence-corrected chi connectivity index (χ2v) is 5.96. The van der Waals surface area contributed by atoms with Crippen molar-refractivity contribution in [3.05, 3.63) is 69.3 Å². The number of nitrogens with zero attached hydrogens (tertiary/aromatic N) is 1. The summed E-state index contributed by atoms with van der Waals surface area (Å²) >= 11 is 0. The lowest BCUT2D eigenvalue weighted by Gasteiger charge is -2.09. The molecule has 0 bridgehead atoms. The summed E-state index contributed by atoms with van der Waals surface area (Å²) in [6, 6.07) is 10.8. The predicted molar refractivity (Wildman–Crippen MR) is 97.3 cm³/mol. The molecule has 2 aromatic rings. The molecule has 0 amide bonds. The smallest absolute Gasteiger partial charge is 0.338 e. The molecule has 2 rings (SSSR count). The van der Waals surface area contributed by atoms with Crippen molar-refractivity contribution in [1.82, 2.24) is 0 Å². The van der Waals surface area contributed by atoms with Crippen molar-refractivity contribution in [1.29, 1.82) is 0 Å². The summed E-state index contributed by atoms with van der Waals surface area (Å²) in [6.45, 7) is 3.74. The van der Waals surface area contributed by atoms with Crippen LogP contribution in [-0.4, -0.2) is 23.3 Å². The van der Waals surface area contributed by atoms with Gasteiger partial charge in [-0.3, -0.25) is 14.9 Å². The summed E-state index contributed by atoms with van der Waals surface area (Å²) in [7, 11) is 0. The molecule has 136 valence electrons. The van der Waals surface area contributed by atoms with Gasteiger partial charge >= 0.3 is 5.97 Å². The highest BCUT2D eigenvalue weighted by molar-refractivity contribution is 5.99. The number of carbonyl (C=O) groups is 2. The van der Waals surface area contributed by atoms with Crippen LogP contribution in [0.25, 0.3) is 0 Å². The molecular weight excluding hydrogens is 336 g/mol. The maximum absolute atomic E-state index is 12.2. The molecule has 0 aliphatic carbocycles. The minimum atomic E-state index is -0.822. The van der Waals surface area contributed by atoms with Gasteiger partial charge in [0.05, 0.1) is 10.5 Å². The van der Waals surface area contributed by atoms with Gasteiger partial charge in [0.2, 0.25) is 0 Å². The first kappa shape index (κ1) is 19.1. The molecule has 1 atom stereocenters. The number of nitrogen functional groups attached to an aromatic ring is 1. The average molecular weight is 356 g/mol. The maximum Gasteiger partial charge on any atom is 0.338 e. The Morgan fingerprint density at radius 3 is 2.35 bits per heavy atom. The molecule has 0 aromatic heterocycles. The topological polar surface area (TPSA) is 113 Å². The van der Waals surface area contributed by atoms with Crippen LogP contribution in [0, 0.1) is 10.1 Å². The number of esters is 1. The number of nitrogens with two attached hydrogens (primary N) is 1. The molecule has 2 N–H and O–H groups in total. The number of ketones is 1. The van der Waals surface area contributed by atoms with E-state index in [1.165, 1.54) is 12.1 Å². The lowest BCUT2D eigenvalue weighted by molar-refractivity contribution is -0.383. The minimum absolute atomic E-state index is 0.0363. The molecule has 0 heterocycles. The lowest BCUT2D eigenvalue weighted by Crippen LogP contribution is -2.14. The van der Waals surface area contributed by atoms with Gasteiger partial charge in [-0.25, -0.2) is 4.79 Å². The SMILES string of the molecule is CC[C@H](C)c1ccc(C(=O)COC(=O)c2ccc(N)c([N+](=O)[O-])c2)cc1. The average Bonchev–Trinajstić information content (AvgIpc) is 2.65. The van der Waals surface area contributed by atoms with Gasteiger partial charge in [-0.1, -0.05) is 38.1 Å². The first-order valence-corrected chi connectivity index (χ1v) is 8.17. The van der Waals surface area contributed by atoms with Gasteiger partial charge in [0.15, 0.2) is 12.4 Å². The fourth-order valence-electron chi connectivity index (χ4n) is 2.36. The first-order chi connectivity index (χ1) is 12.3. The van der Waals surface area contributed by atoms with Gasteiger partial charge in [0.25, 0.3) is 5.69 Å². The van der Waals surface area contributed by atoms with Crippen LogP contribution < -0.4 is 5.73 Å². The van der Waals surface area contributed by atoms with E-state index in [4.69, 9.17) is 10.5 Å². The summed E-state index contributed by atoms with van der Waals surface area (Å²) < 4.78 is 4.97. The second-order valence-electron chi connectivity index (χ2n) is 5.96. The van der Waals surface area contributed by atoms with Crippen LogP contribution >= 0.6 is 0 Å². The number of hydrogen-bond donors (Lipinski definition) is 1. The number of Topliss-reactive ketones (excluding diaryl/α,β-unsaturated/α-hetero) is 1. The molecule has 0 radical (unpaired) electrons. The van der Waals surface area contributed by atoms with Gasteiger partial charge < -0.3 is 10.5 Å². The maximum atomic E-state index is 12.2. The third-order valence-electron chi connectivity index (χ3n) is 4.21. The molecule has 7 heteroatoms. The zero-order valence-electron chi connectivity index (χ0n) is 14.6. The molecule has 7 nitrogen and oxygen atoms in total. The van der Waals surface area contributed by atoms with E-state index in [2.05, 4.69) is 13.8 Å². The summed E-state index contributed by atoms with van der Waals surface area (Å²) in [6.07, 6.45) is 0.999. The van der Waals surface area contributed by atoms with E-state index in [1.807, 2.05) is 12.1 Å². The van der Waals surface area contributed by atoms with Gasteiger partial charge in [0.1, 0.15) is 5.69 Å². The Labute approximate surface area is 150 Å². The number of rotatable bonds is 7. The van der Waals surface area contributed by atoms with Crippen molar-refractivity contribution in [2.75, 3.05) is 12.3 Å². The fourth-order valence-corrected chi connectivity index (χ4v) is 2.36. The van der Waals surface area contributed by atoms with Crippen LogP contribution in [0.5, 0.6) is 0 Å². The number of anilines is 1. The molecule has 0 spiro atoms. The number of hydrogen-bond acceptors (Lipinski definition) is 6. The molecule has 2 aromatic carbocycles. The van der Waals surface area contributed by atoms with E-state index in [-0.39, 0.29) is 22.7 Å². The van der Waals surface area contributed by atoms with Gasteiger partial charge in [-0.2, -0.15) is 0 Å². The zero-order valence-corrected chi connectivity index (χ0v) is 14.6. The minimum Gasteiger partial charge on any atom is -0.454 e. The van der Waals surface area contributed by atoms with Crippen LogP contribution in [0.2, 0.25) is 0 Å². The van der Waals surface area contributed by atoms with Crippen LogP contribution in [0.3, 0.4) is 0 Å². The Hall–Kier alpha value is -3.22. The molecule has 0 aliphatic heterocycles. The Balaban J connectivity index is 2.02. The first-order valence-electron chi connectivity index (χ1n) is 8.17. The van der Waals surface area contributed by atoms with E-state index in [0.29, 0.717) is 11.5 Å². The molecule has 0 saturated carbocycles. The van der Waals surface area contributed by atoms with Gasteiger partial charge in [-0.05, 0) is 30.0 Å². The number of ether oxygens (including phenoxy) is 1. The van der Waals surface area contributed by atoms with Gasteiger partial charge in [0, 0.05) is 11.6 Å². The van der Waals surface area contributed by atoms with Crippen molar-refractivity contribution in [3.63, 3.8) is 0 Å². The largest absolute Gasteiger partial charge is 0.454 e. The standard InChI is InChI=1S/C19H20N2O5/c1-3-12(2)13-4-6-14(7-5-13)18(22)11-26-19(23)15-8-9-16(20)17(10-15)21(24)25/h4-10,12H,3,11,20H2,1-2H3/t12-/m0/s1. The normalized spacial score (nSPS) is 11.6. The molecular formula is C19H20N2O5.